The molecule has 0 unspecified atom stereocenters. The molecule has 0 radical (unpaired) electrons. The molecule has 13 heteroatoms. The lowest BCUT2D eigenvalue weighted by Crippen LogP contribution is -2.28. The fraction of sp³-hybridized carbons (Fsp3) is 0.152. The van der Waals surface area contributed by atoms with Gasteiger partial charge in [0, 0.05) is 16.7 Å². The summed E-state index contributed by atoms with van der Waals surface area (Å²) in [5.74, 6) is -1.16. The summed E-state index contributed by atoms with van der Waals surface area (Å²) in [7, 11) is -5.99. The molecule has 0 saturated heterocycles. The average Bonchev–Trinajstić information content (AvgIpc) is 3.01. The topological polar surface area (TPSA) is 96.0 Å². The van der Waals surface area contributed by atoms with Gasteiger partial charge in [-0.25, -0.2) is 8.78 Å². The second-order valence-corrected chi connectivity index (χ2v) is 10.7. The number of carbonyl (C=O) groups is 2. The van der Waals surface area contributed by atoms with E-state index in [-0.39, 0.29) is 34.9 Å². The highest BCUT2D eigenvalue weighted by Gasteiger charge is 2.49. The number of alkyl halides is 3. The van der Waals surface area contributed by atoms with Crippen LogP contribution in [0.2, 0.25) is 0 Å². The van der Waals surface area contributed by atoms with Gasteiger partial charge in [-0.05, 0) is 79.1 Å². The summed E-state index contributed by atoms with van der Waals surface area (Å²) in [4.78, 5) is 22.0. The molecule has 0 N–H and O–H groups in total. The minimum Gasteiger partial charge on any atom is -0.493 e. The number of carbonyl (C=O) groups excluding carboxylic acids is 2. The maximum atomic E-state index is 13.1. The van der Waals surface area contributed by atoms with Crippen LogP contribution in [0.15, 0.2) is 79.4 Å². The van der Waals surface area contributed by atoms with Gasteiger partial charge in [0.05, 0.1) is 18.8 Å². The molecule has 4 rings (SSSR count). The van der Waals surface area contributed by atoms with Crippen molar-refractivity contribution >= 4 is 28.8 Å². The van der Waals surface area contributed by atoms with E-state index in [0.717, 1.165) is 41.2 Å². The molecule has 0 aliphatic carbocycles. The van der Waals surface area contributed by atoms with Crippen molar-refractivity contribution < 1.29 is 53.6 Å². The molecule has 0 aliphatic rings. The number of hydrogen-bond donors (Lipinski definition) is 0. The number of halogens is 5. The summed E-state index contributed by atoms with van der Waals surface area (Å²) in [6, 6.07) is 16.1. The van der Waals surface area contributed by atoms with Crippen molar-refractivity contribution in [3.63, 3.8) is 0 Å². The monoisotopic (exact) mass is 662 g/mol. The first kappa shape index (κ1) is 35.4. The molecule has 0 spiro atoms. The van der Waals surface area contributed by atoms with Crippen LogP contribution < -0.4 is 13.7 Å². The Morgan fingerprint density at radius 3 is 1.52 bits per heavy atom. The highest BCUT2D eigenvalue weighted by atomic mass is 32.2. The molecule has 0 amide bonds. The molecule has 0 atom stereocenters. The standard InChI is InChI=1S/C17H15FO2.C16H12F4O5S/c1-3-13-9-12(11-19)10-16(20-4-2)17(13)14-5-7-15(18)8-6-14;1-2-24-13-7-10(9-21)8-14(25-26(22,23)16(18,19)20)15(13)11-3-5-12(17)6-4-11/h3,5-11H,1,4H2,2H3;3-9H,2H2,1H3. The van der Waals surface area contributed by atoms with E-state index in [2.05, 4.69) is 10.8 Å². The molecule has 46 heavy (non-hydrogen) atoms. The third-order valence-electron chi connectivity index (χ3n) is 6.08. The first-order chi connectivity index (χ1) is 21.8. The molecule has 0 heterocycles. The predicted molar refractivity (Wildman–Crippen MR) is 162 cm³/mol. The molecule has 0 fully saturated rings. The molecule has 0 saturated carbocycles. The molecule has 4 aromatic rings. The second kappa shape index (κ2) is 15.3. The van der Waals surface area contributed by atoms with Crippen molar-refractivity contribution in [2.75, 3.05) is 13.2 Å². The van der Waals surface area contributed by atoms with E-state index in [0.29, 0.717) is 24.2 Å². The summed E-state index contributed by atoms with van der Waals surface area (Å²) in [6.45, 7) is 7.77. The van der Waals surface area contributed by atoms with E-state index < -0.39 is 27.2 Å². The zero-order chi connectivity index (χ0) is 34.1. The van der Waals surface area contributed by atoms with Crippen molar-refractivity contribution in [2.24, 2.45) is 0 Å². The summed E-state index contributed by atoms with van der Waals surface area (Å²) in [6.07, 6.45) is 2.72. The van der Waals surface area contributed by atoms with Crippen molar-refractivity contribution in [1.82, 2.24) is 0 Å². The van der Waals surface area contributed by atoms with E-state index in [4.69, 9.17) is 9.47 Å². The van der Waals surface area contributed by atoms with Crippen molar-refractivity contribution in [2.45, 2.75) is 19.4 Å². The molecule has 4 aromatic carbocycles. The first-order valence-corrected chi connectivity index (χ1v) is 14.9. The highest BCUT2D eigenvalue weighted by molar-refractivity contribution is 7.88. The van der Waals surface area contributed by atoms with E-state index in [1.54, 1.807) is 37.3 Å². The van der Waals surface area contributed by atoms with E-state index >= 15 is 0 Å². The van der Waals surface area contributed by atoms with Crippen LogP contribution in [0.5, 0.6) is 17.2 Å². The molecule has 7 nitrogen and oxygen atoms in total. The maximum Gasteiger partial charge on any atom is 0.534 e. The van der Waals surface area contributed by atoms with E-state index in [9.17, 15) is 40.0 Å². The second-order valence-electron chi connectivity index (χ2n) is 9.18. The van der Waals surface area contributed by atoms with Gasteiger partial charge in [-0.2, -0.15) is 21.6 Å². The normalized spacial score (nSPS) is 11.1. The van der Waals surface area contributed by atoms with Crippen LogP contribution in [0.4, 0.5) is 22.0 Å². The quantitative estimate of drug-likeness (QED) is 0.0690. The number of rotatable bonds is 11. The van der Waals surface area contributed by atoms with Gasteiger partial charge in [0.1, 0.15) is 35.7 Å². The predicted octanol–water partition coefficient (Wildman–Crippen LogP) is 8.28. The van der Waals surface area contributed by atoms with Crippen LogP contribution in [-0.2, 0) is 10.1 Å². The van der Waals surface area contributed by atoms with E-state index in [1.165, 1.54) is 30.3 Å². The zero-order valence-electron chi connectivity index (χ0n) is 24.4. The van der Waals surface area contributed by atoms with Crippen LogP contribution in [0.1, 0.15) is 40.1 Å². The Bertz CT molecular complexity index is 1800. The highest BCUT2D eigenvalue weighted by Crippen LogP contribution is 2.42. The Labute approximate surface area is 262 Å². The fourth-order valence-electron chi connectivity index (χ4n) is 4.16. The van der Waals surface area contributed by atoms with Crippen molar-refractivity contribution in [1.29, 1.82) is 0 Å². The van der Waals surface area contributed by atoms with Crippen molar-refractivity contribution in [3.8, 4) is 39.5 Å². The van der Waals surface area contributed by atoms with Gasteiger partial charge in [-0.3, -0.25) is 9.59 Å². The van der Waals surface area contributed by atoms with Gasteiger partial charge >= 0.3 is 15.6 Å². The van der Waals surface area contributed by atoms with Crippen LogP contribution in [0.3, 0.4) is 0 Å². The van der Waals surface area contributed by atoms with Crippen LogP contribution >= 0.6 is 0 Å². The Morgan fingerprint density at radius 1 is 0.696 bits per heavy atom. The largest absolute Gasteiger partial charge is 0.534 e. The van der Waals surface area contributed by atoms with Gasteiger partial charge < -0.3 is 13.7 Å². The molecule has 0 bridgehead atoms. The summed E-state index contributed by atoms with van der Waals surface area (Å²) < 4.78 is 102. The molecule has 242 valence electrons. The van der Waals surface area contributed by atoms with Gasteiger partial charge in [-0.15, -0.1) is 0 Å². The van der Waals surface area contributed by atoms with E-state index in [1.807, 2.05) is 6.92 Å². The minimum atomic E-state index is -5.99. The number of aldehydes is 2. The third-order valence-corrected chi connectivity index (χ3v) is 7.05. The van der Waals surface area contributed by atoms with Crippen LogP contribution in [-0.4, -0.2) is 39.7 Å². The van der Waals surface area contributed by atoms with Gasteiger partial charge in [-0.1, -0.05) is 36.9 Å². The number of benzene rings is 4. The Hall–Kier alpha value is -5.04. The molecular weight excluding hydrogens is 635 g/mol. The summed E-state index contributed by atoms with van der Waals surface area (Å²) >= 11 is 0. The fourth-order valence-corrected chi connectivity index (χ4v) is 4.63. The Morgan fingerprint density at radius 2 is 1.11 bits per heavy atom. The summed E-state index contributed by atoms with van der Waals surface area (Å²) in [5.41, 5.74) is -2.92. The van der Waals surface area contributed by atoms with Crippen LogP contribution in [0, 0.1) is 11.6 Å². The van der Waals surface area contributed by atoms with Gasteiger partial charge in [0.2, 0.25) is 0 Å². The van der Waals surface area contributed by atoms with Gasteiger partial charge in [0.25, 0.3) is 0 Å². The Balaban J connectivity index is 0.000000259. The lowest BCUT2D eigenvalue weighted by Gasteiger charge is -2.17. The molecule has 0 aliphatic heterocycles. The maximum absolute atomic E-state index is 13.1. The summed E-state index contributed by atoms with van der Waals surface area (Å²) in [5, 5.41) is 0. The number of ether oxygens (including phenoxy) is 2. The third kappa shape index (κ3) is 8.57. The van der Waals surface area contributed by atoms with Crippen molar-refractivity contribution in [3.05, 3.63) is 108 Å². The zero-order valence-corrected chi connectivity index (χ0v) is 25.3. The minimum absolute atomic E-state index is 0.0714. The lowest BCUT2D eigenvalue weighted by atomic mass is 9.96. The first-order valence-electron chi connectivity index (χ1n) is 13.5. The molecule has 0 aromatic heterocycles. The Kier molecular flexibility index (Phi) is 11.8. The lowest BCUT2D eigenvalue weighted by molar-refractivity contribution is -0.0500. The van der Waals surface area contributed by atoms with Crippen LogP contribution in [0.25, 0.3) is 28.3 Å². The molecular formula is C33H27F5O7S. The number of hydrogen-bond acceptors (Lipinski definition) is 7. The average molecular weight is 663 g/mol. The SMILES string of the molecule is C=Cc1cc(C=O)cc(OCC)c1-c1ccc(F)cc1.CCOc1cc(C=O)cc(OS(=O)(=O)C(F)(F)F)c1-c1ccc(F)cc1. The smallest absolute Gasteiger partial charge is 0.493 e. The van der Waals surface area contributed by atoms with Gasteiger partial charge in [0.15, 0.2) is 5.75 Å².